The molecular formula is C17H19FN2O3. The number of carbonyl (C=O) groups excluding carboxylic acids is 1. The molecule has 2 aliphatic rings. The van der Waals surface area contributed by atoms with Gasteiger partial charge in [-0.05, 0) is 50.1 Å². The molecule has 0 unspecified atom stereocenters. The minimum Gasteiger partial charge on any atom is -0.444 e. The van der Waals surface area contributed by atoms with Gasteiger partial charge < -0.3 is 9.64 Å². The van der Waals surface area contributed by atoms with Crippen molar-refractivity contribution in [2.24, 2.45) is 10.6 Å². The molecule has 1 saturated heterocycles. The zero-order chi connectivity index (χ0) is 16.8. The first-order valence-corrected chi connectivity index (χ1v) is 7.54. The van der Waals surface area contributed by atoms with E-state index in [9.17, 15) is 14.1 Å². The molecule has 0 saturated carbocycles. The van der Waals surface area contributed by atoms with E-state index in [2.05, 4.69) is 5.18 Å². The lowest BCUT2D eigenvalue weighted by Gasteiger charge is -2.53. The fourth-order valence-electron chi connectivity index (χ4n) is 3.09. The van der Waals surface area contributed by atoms with Gasteiger partial charge in [0.2, 0.25) is 0 Å². The van der Waals surface area contributed by atoms with Crippen molar-refractivity contribution in [2.45, 2.75) is 32.8 Å². The van der Waals surface area contributed by atoms with Gasteiger partial charge in [-0.2, -0.15) is 0 Å². The molecule has 1 fully saturated rings. The fraction of sp³-hybridized carbons (Fsp3) is 0.471. The van der Waals surface area contributed by atoms with Crippen LogP contribution in [0.5, 0.6) is 0 Å². The van der Waals surface area contributed by atoms with Gasteiger partial charge in [0.1, 0.15) is 17.1 Å². The summed E-state index contributed by atoms with van der Waals surface area (Å²) in [6.45, 7) is 6.70. The normalized spacial score (nSPS) is 18.8. The second kappa shape index (κ2) is 5.15. The van der Waals surface area contributed by atoms with E-state index in [0.717, 1.165) is 18.1 Å². The molecule has 1 spiro atoms. The maximum atomic E-state index is 13.9. The Morgan fingerprint density at radius 1 is 1.35 bits per heavy atom. The van der Waals surface area contributed by atoms with Crippen LogP contribution in [0.4, 0.5) is 14.9 Å². The Morgan fingerprint density at radius 2 is 2.00 bits per heavy atom. The van der Waals surface area contributed by atoms with Gasteiger partial charge in [0.25, 0.3) is 0 Å². The van der Waals surface area contributed by atoms with Gasteiger partial charge in [-0.15, -0.1) is 4.91 Å². The Hall–Kier alpha value is -2.24. The van der Waals surface area contributed by atoms with Crippen molar-refractivity contribution >= 4 is 17.4 Å². The van der Waals surface area contributed by atoms with Gasteiger partial charge in [-0.1, -0.05) is 6.08 Å². The number of hydrogen-bond donors (Lipinski definition) is 0. The first-order valence-electron chi connectivity index (χ1n) is 7.54. The highest BCUT2D eigenvalue weighted by Gasteiger charge is 2.50. The number of halogens is 1. The van der Waals surface area contributed by atoms with Crippen molar-refractivity contribution < 1.29 is 13.9 Å². The van der Waals surface area contributed by atoms with Crippen LogP contribution < -0.4 is 0 Å². The summed E-state index contributed by atoms with van der Waals surface area (Å²) in [4.78, 5) is 24.0. The minimum absolute atomic E-state index is 0.0553. The lowest BCUT2D eigenvalue weighted by molar-refractivity contribution is -0.0208. The molecule has 0 bridgehead atoms. The first-order chi connectivity index (χ1) is 10.7. The van der Waals surface area contributed by atoms with Gasteiger partial charge in [0.05, 0.1) is 0 Å². The Morgan fingerprint density at radius 3 is 2.52 bits per heavy atom. The van der Waals surface area contributed by atoms with E-state index in [1.165, 1.54) is 6.07 Å². The Bertz CT molecular complexity index is 700. The maximum Gasteiger partial charge on any atom is 0.410 e. The number of nitroso groups, excluding NO2 is 1. The second-order valence-corrected chi connectivity index (χ2v) is 7.30. The Balaban J connectivity index is 1.63. The van der Waals surface area contributed by atoms with Crippen LogP contribution >= 0.6 is 0 Å². The zero-order valence-corrected chi connectivity index (χ0v) is 13.4. The molecule has 122 valence electrons. The van der Waals surface area contributed by atoms with Crippen LogP contribution in [0, 0.1) is 16.1 Å². The van der Waals surface area contributed by atoms with Crippen LogP contribution in [0.25, 0.3) is 5.57 Å². The molecule has 1 aliphatic heterocycles. The third-order valence-electron chi connectivity index (χ3n) is 4.09. The van der Waals surface area contributed by atoms with Crippen molar-refractivity contribution in [2.75, 3.05) is 13.1 Å². The van der Waals surface area contributed by atoms with E-state index in [1.807, 2.05) is 26.8 Å². The molecule has 0 N–H and O–H groups in total. The van der Waals surface area contributed by atoms with Gasteiger partial charge >= 0.3 is 6.09 Å². The van der Waals surface area contributed by atoms with Gasteiger partial charge in [0.15, 0.2) is 0 Å². The van der Waals surface area contributed by atoms with Crippen molar-refractivity contribution in [1.29, 1.82) is 0 Å². The van der Waals surface area contributed by atoms with Crippen LogP contribution in [-0.4, -0.2) is 29.7 Å². The fourth-order valence-corrected chi connectivity index (χ4v) is 3.09. The van der Waals surface area contributed by atoms with E-state index >= 15 is 0 Å². The van der Waals surface area contributed by atoms with E-state index < -0.39 is 11.4 Å². The number of ether oxygens (including phenoxy) is 1. The van der Waals surface area contributed by atoms with Gasteiger partial charge in [-0.3, -0.25) is 0 Å². The van der Waals surface area contributed by atoms with Crippen LogP contribution in [0.15, 0.2) is 29.5 Å². The topological polar surface area (TPSA) is 59.0 Å². The van der Waals surface area contributed by atoms with Crippen molar-refractivity contribution in [3.8, 4) is 0 Å². The van der Waals surface area contributed by atoms with Crippen LogP contribution in [0.3, 0.4) is 0 Å². The summed E-state index contributed by atoms with van der Waals surface area (Å²) in [5, 5.41) is 2.72. The lowest BCUT2D eigenvalue weighted by atomic mass is 9.64. The standard InChI is InChI=1S/C17H19FN2O3/c1-16(2,3)23-15(21)20-9-17(10-20)7-11(8-17)13-5-4-12(19-22)6-14(13)18/h4-7H,8-10H2,1-3H3. The smallest absolute Gasteiger partial charge is 0.410 e. The Labute approximate surface area is 134 Å². The molecule has 23 heavy (non-hydrogen) atoms. The first kappa shape index (κ1) is 15.6. The predicted molar refractivity (Wildman–Crippen MR) is 84.7 cm³/mol. The van der Waals surface area contributed by atoms with Gasteiger partial charge in [-0.25, -0.2) is 9.18 Å². The third kappa shape index (κ3) is 2.98. The number of amides is 1. The molecular weight excluding hydrogens is 299 g/mol. The molecule has 1 aromatic rings. The molecule has 0 aromatic heterocycles. The average molecular weight is 318 g/mol. The van der Waals surface area contributed by atoms with Crippen LogP contribution in [-0.2, 0) is 4.74 Å². The largest absolute Gasteiger partial charge is 0.444 e. The minimum atomic E-state index is -0.502. The monoisotopic (exact) mass is 318 g/mol. The number of allylic oxidation sites excluding steroid dienone is 1. The van der Waals surface area contributed by atoms with E-state index in [0.29, 0.717) is 18.7 Å². The number of benzene rings is 1. The van der Waals surface area contributed by atoms with E-state index in [1.54, 1.807) is 11.0 Å². The molecule has 0 atom stereocenters. The number of likely N-dealkylation sites (tertiary alicyclic amines) is 1. The van der Waals surface area contributed by atoms with Crippen molar-refractivity contribution in [3.63, 3.8) is 0 Å². The van der Waals surface area contributed by atoms with E-state index in [-0.39, 0.29) is 17.2 Å². The molecule has 1 heterocycles. The van der Waals surface area contributed by atoms with Crippen molar-refractivity contribution in [1.82, 2.24) is 4.90 Å². The molecule has 5 nitrogen and oxygen atoms in total. The SMILES string of the molecule is CC(C)(C)OC(=O)N1CC2(C=C(c3ccc(N=O)cc3F)C2)C1. The maximum absolute atomic E-state index is 13.9. The highest BCUT2D eigenvalue weighted by atomic mass is 19.1. The zero-order valence-electron chi connectivity index (χ0n) is 13.4. The number of hydrogen-bond acceptors (Lipinski definition) is 4. The Kier molecular flexibility index (Phi) is 3.50. The molecule has 1 aromatic carbocycles. The summed E-state index contributed by atoms with van der Waals surface area (Å²) < 4.78 is 19.3. The molecule has 1 amide bonds. The summed E-state index contributed by atoms with van der Waals surface area (Å²) in [5.41, 5.74) is 0.932. The molecule has 0 radical (unpaired) electrons. The van der Waals surface area contributed by atoms with Crippen LogP contribution in [0.1, 0.15) is 32.8 Å². The summed E-state index contributed by atoms with van der Waals surface area (Å²) >= 11 is 0. The summed E-state index contributed by atoms with van der Waals surface area (Å²) in [6, 6.07) is 4.22. The second-order valence-electron chi connectivity index (χ2n) is 7.30. The van der Waals surface area contributed by atoms with E-state index in [4.69, 9.17) is 4.74 Å². The number of nitrogens with zero attached hydrogens (tertiary/aromatic N) is 2. The highest BCUT2D eigenvalue weighted by molar-refractivity contribution is 5.77. The van der Waals surface area contributed by atoms with Crippen molar-refractivity contribution in [3.05, 3.63) is 40.6 Å². The molecule has 1 aliphatic carbocycles. The lowest BCUT2D eigenvalue weighted by Crippen LogP contribution is -2.60. The third-order valence-corrected chi connectivity index (χ3v) is 4.09. The predicted octanol–water partition coefficient (Wildman–Crippen LogP) is 4.25. The highest BCUT2D eigenvalue weighted by Crippen LogP contribution is 2.50. The summed E-state index contributed by atoms with van der Waals surface area (Å²) in [6.07, 6.45) is 2.43. The summed E-state index contributed by atoms with van der Waals surface area (Å²) in [7, 11) is 0. The quantitative estimate of drug-likeness (QED) is 0.766. The van der Waals surface area contributed by atoms with Crippen LogP contribution in [0.2, 0.25) is 0 Å². The molecule has 3 rings (SSSR count). The summed E-state index contributed by atoms with van der Waals surface area (Å²) in [5.74, 6) is -0.438. The number of carbonyl (C=O) groups is 1. The number of rotatable bonds is 2. The van der Waals surface area contributed by atoms with Gasteiger partial charge in [0, 0.05) is 30.1 Å². The molecule has 6 heteroatoms. The average Bonchev–Trinajstić information content (AvgIpc) is 2.34.